The second kappa shape index (κ2) is 6.95. The van der Waals surface area contributed by atoms with Gasteiger partial charge in [0.25, 0.3) is 0 Å². The van der Waals surface area contributed by atoms with Crippen LogP contribution in [-0.4, -0.2) is 15.0 Å². The van der Waals surface area contributed by atoms with E-state index in [9.17, 15) is 0 Å². The van der Waals surface area contributed by atoms with Gasteiger partial charge >= 0.3 is 0 Å². The number of pyridine rings is 2. The van der Waals surface area contributed by atoms with E-state index in [-0.39, 0.29) is 0 Å². The number of anilines is 1. The maximum absolute atomic E-state index is 6.06. The third-order valence-electron chi connectivity index (χ3n) is 4.09. The molecule has 0 atom stereocenters. The Morgan fingerprint density at radius 1 is 1.04 bits per heavy atom. The monoisotopic (exact) mass is 348 g/mol. The number of rotatable bonds is 5. The number of benzene rings is 1. The van der Waals surface area contributed by atoms with Crippen LogP contribution in [0.4, 0.5) is 5.82 Å². The fourth-order valence-corrected chi connectivity index (χ4v) is 3.02. The molecule has 3 aromatic heterocycles. The Kier molecular flexibility index (Phi) is 4.36. The number of H-pyrrole nitrogens is 1. The Balaban J connectivity index is 1.68. The fraction of sp³-hybridized carbons (Fsp3) is 0.100. The Labute approximate surface area is 150 Å². The van der Waals surface area contributed by atoms with Gasteiger partial charge in [0.15, 0.2) is 0 Å². The predicted octanol–water partition coefficient (Wildman–Crippen LogP) is 4.98. The van der Waals surface area contributed by atoms with Gasteiger partial charge in [0.2, 0.25) is 0 Å². The number of halogens is 1. The number of nitrogens with zero attached hydrogens (tertiary/aromatic N) is 2. The minimum absolute atomic E-state index is 0.370. The average Bonchev–Trinajstić information content (AvgIpc) is 3.11. The summed E-state index contributed by atoms with van der Waals surface area (Å²) in [6.07, 6.45) is 3.76. The number of fused-ring (bicyclic) bond motifs is 1. The summed E-state index contributed by atoms with van der Waals surface area (Å²) in [6.45, 7) is 0.717. The lowest BCUT2D eigenvalue weighted by Crippen LogP contribution is -2.03. The SMILES string of the molecule is ClCc1cc(-c2c[nH]c3ncccc23)cc(NCc2ccccc2)n1. The van der Waals surface area contributed by atoms with Crippen LogP contribution >= 0.6 is 11.6 Å². The highest BCUT2D eigenvalue weighted by Gasteiger charge is 2.10. The maximum Gasteiger partial charge on any atom is 0.137 e. The van der Waals surface area contributed by atoms with Crippen molar-refractivity contribution in [1.82, 2.24) is 15.0 Å². The molecule has 0 aliphatic rings. The summed E-state index contributed by atoms with van der Waals surface area (Å²) in [4.78, 5) is 12.2. The van der Waals surface area contributed by atoms with E-state index in [1.54, 1.807) is 6.20 Å². The van der Waals surface area contributed by atoms with Crippen LogP contribution in [0.2, 0.25) is 0 Å². The van der Waals surface area contributed by atoms with Gasteiger partial charge < -0.3 is 10.3 Å². The molecule has 5 heteroatoms. The van der Waals surface area contributed by atoms with Crippen LogP contribution in [-0.2, 0) is 12.4 Å². The highest BCUT2D eigenvalue weighted by Crippen LogP contribution is 2.29. The normalized spacial score (nSPS) is 10.9. The quantitative estimate of drug-likeness (QED) is 0.500. The number of hydrogen-bond acceptors (Lipinski definition) is 3. The lowest BCUT2D eigenvalue weighted by Gasteiger charge is -2.10. The van der Waals surface area contributed by atoms with Crippen LogP contribution in [0.1, 0.15) is 11.3 Å². The second-order valence-electron chi connectivity index (χ2n) is 5.81. The molecule has 4 rings (SSSR count). The van der Waals surface area contributed by atoms with Crippen molar-refractivity contribution in [3.8, 4) is 11.1 Å². The van der Waals surface area contributed by atoms with Gasteiger partial charge in [-0.3, -0.25) is 0 Å². The van der Waals surface area contributed by atoms with Crippen LogP contribution in [0.25, 0.3) is 22.2 Å². The van der Waals surface area contributed by atoms with E-state index in [1.807, 2.05) is 36.5 Å². The molecule has 0 saturated carbocycles. The molecular formula is C20H17ClN4. The number of aromatic nitrogens is 3. The first-order valence-corrected chi connectivity index (χ1v) is 8.64. The van der Waals surface area contributed by atoms with E-state index in [0.717, 1.165) is 33.7 Å². The molecule has 124 valence electrons. The van der Waals surface area contributed by atoms with Gasteiger partial charge in [-0.25, -0.2) is 9.97 Å². The molecule has 0 amide bonds. The molecule has 4 nitrogen and oxygen atoms in total. The van der Waals surface area contributed by atoms with Crippen molar-refractivity contribution < 1.29 is 0 Å². The summed E-state index contributed by atoms with van der Waals surface area (Å²) in [7, 11) is 0. The van der Waals surface area contributed by atoms with Gasteiger partial charge in [0, 0.05) is 29.9 Å². The molecule has 0 aliphatic heterocycles. The molecule has 2 N–H and O–H groups in total. The first kappa shape index (κ1) is 15.7. The lowest BCUT2D eigenvalue weighted by atomic mass is 10.1. The summed E-state index contributed by atoms with van der Waals surface area (Å²) in [5.41, 5.74) is 5.09. The Bertz CT molecular complexity index is 995. The number of aromatic amines is 1. The highest BCUT2D eigenvalue weighted by molar-refractivity contribution is 6.17. The number of nitrogens with one attached hydrogen (secondary N) is 2. The molecule has 0 radical (unpaired) electrons. The Hall–Kier alpha value is -2.85. The first-order chi connectivity index (χ1) is 12.3. The molecule has 0 fully saturated rings. The predicted molar refractivity (Wildman–Crippen MR) is 103 cm³/mol. The third-order valence-corrected chi connectivity index (χ3v) is 4.37. The standard InChI is InChI=1S/C20H17ClN4/c21-11-16-9-15(18-13-24-20-17(18)7-4-8-22-20)10-19(25-16)23-12-14-5-2-1-3-6-14/h1-10,13H,11-12H2,(H,22,24)(H,23,25). The number of hydrogen-bond donors (Lipinski definition) is 2. The van der Waals surface area contributed by atoms with E-state index in [4.69, 9.17) is 11.6 Å². The lowest BCUT2D eigenvalue weighted by molar-refractivity contribution is 1.08. The van der Waals surface area contributed by atoms with E-state index in [1.165, 1.54) is 5.56 Å². The Morgan fingerprint density at radius 2 is 1.92 bits per heavy atom. The summed E-state index contributed by atoms with van der Waals surface area (Å²) in [6, 6.07) is 18.3. The van der Waals surface area contributed by atoms with Crippen LogP contribution in [0.15, 0.2) is 67.0 Å². The molecular weight excluding hydrogens is 332 g/mol. The van der Waals surface area contributed by atoms with Gasteiger partial charge in [0.05, 0.1) is 11.6 Å². The topological polar surface area (TPSA) is 53.6 Å². The van der Waals surface area contributed by atoms with Crippen LogP contribution in [0, 0.1) is 0 Å². The van der Waals surface area contributed by atoms with Gasteiger partial charge in [-0.05, 0) is 35.4 Å². The maximum atomic E-state index is 6.06. The van der Waals surface area contributed by atoms with Crippen molar-refractivity contribution in [2.45, 2.75) is 12.4 Å². The van der Waals surface area contributed by atoms with Crippen LogP contribution in [0.5, 0.6) is 0 Å². The molecule has 25 heavy (non-hydrogen) atoms. The summed E-state index contributed by atoms with van der Waals surface area (Å²) < 4.78 is 0. The fourth-order valence-electron chi connectivity index (χ4n) is 2.89. The van der Waals surface area contributed by atoms with Crippen LogP contribution in [0.3, 0.4) is 0 Å². The zero-order chi connectivity index (χ0) is 17.1. The van der Waals surface area contributed by atoms with E-state index in [0.29, 0.717) is 12.4 Å². The zero-order valence-corrected chi connectivity index (χ0v) is 14.3. The van der Waals surface area contributed by atoms with Gasteiger partial charge in [0.1, 0.15) is 11.5 Å². The second-order valence-corrected chi connectivity index (χ2v) is 6.07. The summed E-state index contributed by atoms with van der Waals surface area (Å²) in [5, 5.41) is 4.48. The van der Waals surface area contributed by atoms with Gasteiger partial charge in [-0.2, -0.15) is 0 Å². The largest absolute Gasteiger partial charge is 0.366 e. The molecule has 0 aliphatic carbocycles. The first-order valence-electron chi connectivity index (χ1n) is 8.11. The van der Waals surface area contributed by atoms with Crippen molar-refractivity contribution >= 4 is 28.5 Å². The summed E-state index contributed by atoms with van der Waals surface area (Å²) in [5.74, 6) is 1.18. The van der Waals surface area contributed by atoms with E-state index >= 15 is 0 Å². The third kappa shape index (κ3) is 3.35. The molecule has 0 bridgehead atoms. The molecule has 1 aromatic carbocycles. The van der Waals surface area contributed by atoms with Crippen molar-refractivity contribution in [2.24, 2.45) is 0 Å². The smallest absolute Gasteiger partial charge is 0.137 e. The van der Waals surface area contributed by atoms with Crippen molar-refractivity contribution in [3.05, 3.63) is 78.2 Å². The minimum Gasteiger partial charge on any atom is -0.366 e. The molecule has 0 spiro atoms. The summed E-state index contributed by atoms with van der Waals surface area (Å²) >= 11 is 6.06. The highest BCUT2D eigenvalue weighted by atomic mass is 35.5. The molecule has 4 aromatic rings. The van der Waals surface area contributed by atoms with Crippen molar-refractivity contribution in [2.75, 3.05) is 5.32 Å². The Morgan fingerprint density at radius 3 is 2.76 bits per heavy atom. The minimum atomic E-state index is 0.370. The van der Waals surface area contributed by atoms with Crippen molar-refractivity contribution in [3.63, 3.8) is 0 Å². The van der Waals surface area contributed by atoms with Crippen LogP contribution < -0.4 is 5.32 Å². The van der Waals surface area contributed by atoms with E-state index < -0.39 is 0 Å². The van der Waals surface area contributed by atoms with Gasteiger partial charge in [-0.15, -0.1) is 11.6 Å². The molecule has 3 heterocycles. The van der Waals surface area contributed by atoms with Gasteiger partial charge in [-0.1, -0.05) is 30.3 Å². The zero-order valence-electron chi connectivity index (χ0n) is 13.5. The van der Waals surface area contributed by atoms with Crippen molar-refractivity contribution in [1.29, 1.82) is 0 Å². The molecule has 0 saturated heterocycles. The number of alkyl halides is 1. The van der Waals surface area contributed by atoms with E-state index in [2.05, 4.69) is 44.5 Å². The average molecular weight is 349 g/mol. The molecule has 0 unspecified atom stereocenters.